The monoisotopic (exact) mass is 188 g/mol. The Hall–Kier alpha value is -0.780. The van der Waals surface area contributed by atoms with Crippen molar-refractivity contribution in [2.24, 2.45) is 5.92 Å². The average Bonchev–Trinajstić information content (AvgIpc) is 2.27. The molecule has 1 fully saturated rings. The minimum atomic E-state index is 0.858. The van der Waals surface area contributed by atoms with Crippen molar-refractivity contribution >= 4 is 0 Å². The van der Waals surface area contributed by atoms with E-state index in [0.717, 1.165) is 5.92 Å². The van der Waals surface area contributed by atoms with Crippen molar-refractivity contribution < 1.29 is 0 Å². The lowest BCUT2D eigenvalue weighted by Gasteiger charge is -2.33. The minimum Gasteiger partial charge on any atom is -0.0988 e. The number of hydrogen-bond donors (Lipinski definition) is 0. The highest BCUT2D eigenvalue weighted by molar-refractivity contribution is 5.43. The van der Waals surface area contributed by atoms with Gasteiger partial charge in [0.1, 0.15) is 0 Å². The molecule has 0 aliphatic heterocycles. The third-order valence-electron chi connectivity index (χ3n) is 3.69. The third-order valence-corrected chi connectivity index (χ3v) is 3.69. The summed E-state index contributed by atoms with van der Waals surface area (Å²) < 4.78 is 0. The molecule has 0 aromatic heterocycles. The fourth-order valence-corrected chi connectivity index (χ4v) is 3.02. The molecule has 0 radical (unpaired) electrons. The van der Waals surface area contributed by atoms with Crippen LogP contribution >= 0.6 is 0 Å². The molecule has 0 heteroatoms. The van der Waals surface area contributed by atoms with Crippen LogP contribution in [0, 0.1) is 5.92 Å². The van der Waals surface area contributed by atoms with Crippen LogP contribution in [0.1, 0.15) is 45.4 Å². The second-order valence-electron chi connectivity index (χ2n) is 4.44. The van der Waals surface area contributed by atoms with Crippen molar-refractivity contribution in [3.05, 3.63) is 35.5 Å². The summed E-state index contributed by atoms with van der Waals surface area (Å²) >= 11 is 0. The summed E-state index contributed by atoms with van der Waals surface area (Å²) in [7, 11) is 0. The van der Waals surface area contributed by atoms with Gasteiger partial charge in [-0.25, -0.2) is 0 Å². The first-order chi connectivity index (χ1) is 6.86. The highest BCUT2D eigenvalue weighted by atomic mass is 14.3. The van der Waals surface area contributed by atoms with Crippen LogP contribution in [0.3, 0.4) is 0 Å². The van der Waals surface area contributed by atoms with Crippen LogP contribution in [0.5, 0.6) is 0 Å². The molecule has 1 saturated carbocycles. The van der Waals surface area contributed by atoms with Crippen LogP contribution in [-0.4, -0.2) is 0 Å². The number of fused-ring (bicyclic) bond motifs is 1. The molecular weight excluding hydrogens is 168 g/mol. The molecule has 0 heterocycles. The Morgan fingerprint density at radius 1 is 1.21 bits per heavy atom. The van der Waals surface area contributed by atoms with Crippen molar-refractivity contribution in [2.45, 2.75) is 45.4 Å². The maximum atomic E-state index is 3.96. The number of allylic oxidation sites excluding steroid dienone is 5. The largest absolute Gasteiger partial charge is 0.0988 e. The summed E-state index contributed by atoms with van der Waals surface area (Å²) in [5.74, 6) is 0.858. The summed E-state index contributed by atoms with van der Waals surface area (Å²) in [5.41, 5.74) is 4.81. The van der Waals surface area contributed by atoms with Gasteiger partial charge in [0.25, 0.3) is 0 Å². The number of hydrogen-bond acceptors (Lipinski definition) is 0. The smallest absolute Gasteiger partial charge is 0.0156 e. The molecule has 76 valence electrons. The van der Waals surface area contributed by atoms with E-state index in [1.807, 2.05) is 0 Å². The molecule has 0 saturated heterocycles. The van der Waals surface area contributed by atoms with Gasteiger partial charge in [0.05, 0.1) is 0 Å². The van der Waals surface area contributed by atoms with Crippen molar-refractivity contribution in [3.63, 3.8) is 0 Å². The van der Waals surface area contributed by atoms with Gasteiger partial charge in [-0.15, -0.1) is 0 Å². The lowest BCUT2D eigenvalue weighted by molar-refractivity contribution is 0.432. The standard InChI is InChI=1S/C14H20/c1-3-11-7-5-9-13-10-6-8-12(4-2)14(11)13/h3-4,13H,1,5-10H2,2H3/b12-4-. The van der Waals surface area contributed by atoms with Crippen LogP contribution in [0.2, 0.25) is 0 Å². The van der Waals surface area contributed by atoms with E-state index in [0.29, 0.717) is 0 Å². The fraction of sp³-hybridized carbons (Fsp3) is 0.571. The van der Waals surface area contributed by atoms with E-state index in [9.17, 15) is 0 Å². The predicted octanol–water partition coefficient (Wildman–Crippen LogP) is 4.40. The predicted molar refractivity (Wildman–Crippen MR) is 62.2 cm³/mol. The highest BCUT2D eigenvalue weighted by Gasteiger charge is 2.26. The minimum absolute atomic E-state index is 0.858. The summed E-state index contributed by atoms with van der Waals surface area (Å²) in [6.45, 7) is 6.14. The molecule has 0 N–H and O–H groups in total. The van der Waals surface area contributed by atoms with Crippen molar-refractivity contribution in [2.75, 3.05) is 0 Å². The molecule has 0 amide bonds. The van der Waals surface area contributed by atoms with Crippen LogP contribution in [-0.2, 0) is 0 Å². The Morgan fingerprint density at radius 2 is 1.93 bits per heavy atom. The second-order valence-corrected chi connectivity index (χ2v) is 4.44. The maximum Gasteiger partial charge on any atom is -0.0156 e. The van der Waals surface area contributed by atoms with E-state index in [4.69, 9.17) is 0 Å². The molecule has 0 aromatic rings. The lowest BCUT2D eigenvalue weighted by Crippen LogP contribution is -2.17. The van der Waals surface area contributed by atoms with Gasteiger partial charge in [-0.2, -0.15) is 0 Å². The Kier molecular flexibility index (Phi) is 2.90. The van der Waals surface area contributed by atoms with Gasteiger partial charge in [0.15, 0.2) is 0 Å². The first-order valence-electron chi connectivity index (χ1n) is 5.88. The van der Waals surface area contributed by atoms with Gasteiger partial charge in [-0.05, 0) is 68.1 Å². The Bertz CT molecular complexity index is 291. The highest BCUT2D eigenvalue weighted by Crippen LogP contribution is 2.43. The van der Waals surface area contributed by atoms with Gasteiger partial charge < -0.3 is 0 Å². The van der Waals surface area contributed by atoms with Crippen LogP contribution in [0.4, 0.5) is 0 Å². The Labute approximate surface area is 87.4 Å². The summed E-state index contributed by atoms with van der Waals surface area (Å²) in [6, 6.07) is 0. The molecule has 0 spiro atoms. The first-order valence-corrected chi connectivity index (χ1v) is 5.88. The fourth-order valence-electron chi connectivity index (χ4n) is 3.02. The Balaban J connectivity index is 2.41. The number of rotatable bonds is 1. The van der Waals surface area contributed by atoms with E-state index in [-0.39, 0.29) is 0 Å². The molecule has 2 aliphatic carbocycles. The Morgan fingerprint density at radius 3 is 2.57 bits per heavy atom. The van der Waals surface area contributed by atoms with Gasteiger partial charge in [0.2, 0.25) is 0 Å². The SMILES string of the molecule is C=CC1=C2/C(=C\C)CCCC2CCC1. The van der Waals surface area contributed by atoms with E-state index in [1.54, 1.807) is 11.1 Å². The van der Waals surface area contributed by atoms with Crippen molar-refractivity contribution in [1.29, 1.82) is 0 Å². The van der Waals surface area contributed by atoms with E-state index in [1.165, 1.54) is 44.1 Å². The maximum absolute atomic E-state index is 3.96. The quantitative estimate of drug-likeness (QED) is 0.572. The molecule has 2 aliphatic rings. The normalized spacial score (nSPS) is 30.4. The zero-order chi connectivity index (χ0) is 9.97. The van der Waals surface area contributed by atoms with E-state index in [2.05, 4.69) is 25.7 Å². The molecular formula is C14H20. The summed E-state index contributed by atoms with van der Waals surface area (Å²) in [5, 5.41) is 0. The van der Waals surface area contributed by atoms with Crippen LogP contribution in [0.15, 0.2) is 35.5 Å². The van der Waals surface area contributed by atoms with Crippen LogP contribution in [0.25, 0.3) is 0 Å². The lowest BCUT2D eigenvalue weighted by atomic mass is 9.72. The molecule has 2 rings (SSSR count). The molecule has 1 unspecified atom stereocenters. The van der Waals surface area contributed by atoms with Crippen molar-refractivity contribution in [3.8, 4) is 0 Å². The average molecular weight is 188 g/mol. The third kappa shape index (κ3) is 1.58. The molecule has 0 bridgehead atoms. The van der Waals surface area contributed by atoms with Gasteiger partial charge in [-0.3, -0.25) is 0 Å². The first kappa shape index (κ1) is 9.76. The summed E-state index contributed by atoms with van der Waals surface area (Å²) in [6.07, 6.45) is 12.5. The molecule has 1 atom stereocenters. The molecule has 14 heavy (non-hydrogen) atoms. The zero-order valence-corrected chi connectivity index (χ0v) is 9.18. The van der Waals surface area contributed by atoms with Gasteiger partial charge in [0, 0.05) is 0 Å². The van der Waals surface area contributed by atoms with E-state index >= 15 is 0 Å². The second kappa shape index (κ2) is 4.16. The topological polar surface area (TPSA) is 0 Å². The zero-order valence-electron chi connectivity index (χ0n) is 9.18. The van der Waals surface area contributed by atoms with Gasteiger partial charge in [-0.1, -0.05) is 18.7 Å². The van der Waals surface area contributed by atoms with Crippen molar-refractivity contribution in [1.82, 2.24) is 0 Å². The summed E-state index contributed by atoms with van der Waals surface area (Å²) in [4.78, 5) is 0. The van der Waals surface area contributed by atoms with Crippen LogP contribution < -0.4 is 0 Å². The van der Waals surface area contributed by atoms with Gasteiger partial charge >= 0.3 is 0 Å². The molecule has 0 nitrogen and oxygen atoms in total. The molecule has 0 aromatic carbocycles. The van der Waals surface area contributed by atoms with E-state index < -0.39 is 0 Å².